The van der Waals surface area contributed by atoms with Gasteiger partial charge in [-0.2, -0.15) is 0 Å². The minimum absolute atomic E-state index is 0.139. The van der Waals surface area contributed by atoms with E-state index in [2.05, 4.69) is 66.3 Å². The Balaban J connectivity index is 2.04. The summed E-state index contributed by atoms with van der Waals surface area (Å²) in [5.41, 5.74) is 1.26. The first-order valence-corrected chi connectivity index (χ1v) is 8.98. The molecule has 118 valence electrons. The Morgan fingerprint density at radius 1 is 1.33 bits per heavy atom. The lowest BCUT2D eigenvalue weighted by Gasteiger charge is -2.31. The van der Waals surface area contributed by atoms with Crippen molar-refractivity contribution >= 4 is 15.9 Å². The Kier molecular flexibility index (Phi) is 6.72. The predicted molar refractivity (Wildman–Crippen MR) is 92.5 cm³/mol. The van der Waals surface area contributed by atoms with Crippen LogP contribution in [0.4, 0.5) is 0 Å². The second-order valence-corrected chi connectivity index (χ2v) is 7.55. The first-order chi connectivity index (χ1) is 10.0. The van der Waals surface area contributed by atoms with Crippen LogP contribution in [-0.2, 0) is 4.74 Å². The number of hydrogen-bond donors (Lipinski definition) is 1. The molecular weight excluding hydrogens is 326 g/mol. The summed E-state index contributed by atoms with van der Waals surface area (Å²) in [7, 11) is 0. The quantitative estimate of drug-likeness (QED) is 0.769. The fraction of sp³-hybridized carbons (Fsp3) is 0.667. The van der Waals surface area contributed by atoms with Crippen molar-refractivity contribution in [1.82, 2.24) is 5.32 Å². The molecule has 2 rings (SSSR count). The molecule has 1 fully saturated rings. The fourth-order valence-corrected chi connectivity index (χ4v) is 3.45. The molecule has 1 aliphatic rings. The molecule has 1 N–H and O–H groups in total. The molecule has 0 heterocycles. The van der Waals surface area contributed by atoms with Gasteiger partial charge in [0.05, 0.1) is 12.2 Å². The van der Waals surface area contributed by atoms with Crippen LogP contribution >= 0.6 is 15.9 Å². The molecule has 3 atom stereocenters. The molecule has 3 unspecified atom stereocenters. The van der Waals surface area contributed by atoms with Crippen molar-refractivity contribution < 1.29 is 4.74 Å². The Morgan fingerprint density at radius 2 is 2.14 bits per heavy atom. The van der Waals surface area contributed by atoms with Gasteiger partial charge in [0.1, 0.15) is 0 Å². The SMILES string of the molecule is CC1CCCC(OC(CNC(C)C)c2cccc(Br)c2)C1. The Bertz CT molecular complexity index is 435. The van der Waals surface area contributed by atoms with Gasteiger partial charge in [0, 0.05) is 17.1 Å². The Hall–Kier alpha value is -0.380. The van der Waals surface area contributed by atoms with Gasteiger partial charge in [0.25, 0.3) is 0 Å². The van der Waals surface area contributed by atoms with Crippen LogP contribution in [0.25, 0.3) is 0 Å². The van der Waals surface area contributed by atoms with Gasteiger partial charge in [-0.05, 0) is 36.5 Å². The third kappa shape index (κ3) is 5.72. The number of benzene rings is 1. The van der Waals surface area contributed by atoms with Crippen LogP contribution in [0.3, 0.4) is 0 Å². The van der Waals surface area contributed by atoms with Crippen LogP contribution in [-0.4, -0.2) is 18.7 Å². The van der Waals surface area contributed by atoms with Crippen LogP contribution in [0, 0.1) is 5.92 Å². The van der Waals surface area contributed by atoms with Crippen molar-refractivity contribution in [3.05, 3.63) is 34.3 Å². The highest BCUT2D eigenvalue weighted by Gasteiger charge is 2.23. The van der Waals surface area contributed by atoms with Crippen molar-refractivity contribution in [2.75, 3.05) is 6.54 Å². The summed E-state index contributed by atoms with van der Waals surface area (Å²) >= 11 is 3.57. The minimum atomic E-state index is 0.139. The molecule has 21 heavy (non-hydrogen) atoms. The van der Waals surface area contributed by atoms with E-state index in [0.717, 1.165) is 16.9 Å². The molecule has 0 aliphatic heterocycles. The third-order valence-electron chi connectivity index (χ3n) is 4.18. The van der Waals surface area contributed by atoms with Gasteiger partial charge < -0.3 is 10.1 Å². The molecule has 0 bridgehead atoms. The topological polar surface area (TPSA) is 21.3 Å². The lowest BCUT2D eigenvalue weighted by Crippen LogP contribution is -2.32. The van der Waals surface area contributed by atoms with Gasteiger partial charge in [0.15, 0.2) is 0 Å². The summed E-state index contributed by atoms with van der Waals surface area (Å²) in [5, 5.41) is 3.52. The summed E-state index contributed by atoms with van der Waals surface area (Å²) in [5.74, 6) is 0.796. The lowest BCUT2D eigenvalue weighted by molar-refractivity contribution is -0.0401. The maximum Gasteiger partial charge on any atom is 0.0953 e. The van der Waals surface area contributed by atoms with Gasteiger partial charge in [-0.3, -0.25) is 0 Å². The zero-order valence-corrected chi connectivity index (χ0v) is 15.0. The van der Waals surface area contributed by atoms with Gasteiger partial charge in [0.2, 0.25) is 0 Å². The average Bonchev–Trinajstić information content (AvgIpc) is 2.43. The second kappa shape index (κ2) is 8.30. The van der Waals surface area contributed by atoms with Crippen molar-refractivity contribution in [3.63, 3.8) is 0 Å². The van der Waals surface area contributed by atoms with Crippen LogP contribution in [0.15, 0.2) is 28.7 Å². The van der Waals surface area contributed by atoms with E-state index < -0.39 is 0 Å². The number of halogens is 1. The normalized spacial score (nSPS) is 24.2. The molecule has 2 nitrogen and oxygen atoms in total. The Labute approximate surface area is 137 Å². The van der Waals surface area contributed by atoms with Crippen molar-refractivity contribution in [3.8, 4) is 0 Å². The monoisotopic (exact) mass is 353 g/mol. The van der Waals surface area contributed by atoms with E-state index in [0.29, 0.717) is 12.1 Å². The molecule has 1 aromatic carbocycles. The summed E-state index contributed by atoms with van der Waals surface area (Å²) in [6, 6.07) is 8.99. The third-order valence-corrected chi connectivity index (χ3v) is 4.67. The average molecular weight is 354 g/mol. The van der Waals surface area contributed by atoms with Crippen LogP contribution in [0.5, 0.6) is 0 Å². The number of hydrogen-bond acceptors (Lipinski definition) is 2. The number of ether oxygens (including phenoxy) is 1. The zero-order valence-electron chi connectivity index (χ0n) is 13.4. The largest absolute Gasteiger partial charge is 0.369 e. The highest BCUT2D eigenvalue weighted by atomic mass is 79.9. The summed E-state index contributed by atoms with van der Waals surface area (Å²) in [4.78, 5) is 0. The highest BCUT2D eigenvalue weighted by molar-refractivity contribution is 9.10. The molecule has 0 amide bonds. The van der Waals surface area contributed by atoms with Gasteiger partial charge in [-0.25, -0.2) is 0 Å². The van der Waals surface area contributed by atoms with E-state index in [4.69, 9.17) is 4.74 Å². The highest BCUT2D eigenvalue weighted by Crippen LogP contribution is 2.30. The first-order valence-electron chi connectivity index (χ1n) is 8.19. The van der Waals surface area contributed by atoms with Gasteiger partial charge >= 0.3 is 0 Å². The summed E-state index contributed by atoms with van der Waals surface area (Å²) < 4.78 is 7.59. The molecule has 1 aliphatic carbocycles. The van der Waals surface area contributed by atoms with Crippen LogP contribution in [0.2, 0.25) is 0 Å². The molecule has 3 heteroatoms. The van der Waals surface area contributed by atoms with Gasteiger partial charge in [-0.15, -0.1) is 0 Å². The minimum Gasteiger partial charge on any atom is -0.369 e. The summed E-state index contributed by atoms with van der Waals surface area (Å²) in [6.45, 7) is 7.58. The first kappa shape index (κ1) is 17.0. The van der Waals surface area contributed by atoms with Crippen molar-refractivity contribution in [1.29, 1.82) is 0 Å². The molecule has 0 saturated heterocycles. The molecule has 1 aromatic rings. The molecule has 1 saturated carbocycles. The summed E-state index contributed by atoms with van der Waals surface area (Å²) in [6.07, 6.45) is 5.61. The lowest BCUT2D eigenvalue weighted by atomic mass is 9.88. The molecule has 0 spiro atoms. The van der Waals surface area contributed by atoms with E-state index in [1.807, 2.05) is 0 Å². The van der Waals surface area contributed by atoms with Crippen molar-refractivity contribution in [2.24, 2.45) is 5.92 Å². The Morgan fingerprint density at radius 3 is 2.81 bits per heavy atom. The van der Waals surface area contributed by atoms with E-state index in [1.165, 1.54) is 31.2 Å². The van der Waals surface area contributed by atoms with Crippen LogP contribution in [0.1, 0.15) is 58.1 Å². The standard InChI is InChI=1S/C18H28BrNO/c1-13(2)20-12-18(15-7-5-8-16(19)11-15)21-17-9-4-6-14(3)10-17/h5,7-8,11,13-14,17-18,20H,4,6,9-10,12H2,1-3H3. The maximum absolute atomic E-state index is 6.47. The van der Waals surface area contributed by atoms with E-state index in [9.17, 15) is 0 Å². The number of rotatable bonds is 6. The number of nitrogens with one attached hydrogen (secondary N) is 1. The van der Waals surface area contributed by atoms with Crippen LogP contribution < -0.4 is 5.32 Å². The molecular formula is C18H28BrNO. The van der Waals surface area contributed by atoms with Crippen molar-refractivity contribution in [2.45, 2.75) is 64.7 Å². The molecule has 0 aromatic heterocycles. The maximum atomic E-state index is 6.47. The zero-order chi connectivity index (χ0) is 15.2. The van der Waals surface area contributed by atoms with E-state index in [-0.39, 0.29) is 6.10 Å². The predicted octanol–water partition coefficient (Wildman–Crippen LogP) is 5.08. The second-order valence-electron chi connectivity index (χ2n) is 6.64. The van der Waals surface area contributed by atoms with Gasteiger partial charge in [-0.1, -0.05) is 61.7 Å². The fourth-order valence-electron chi connectivity index (χ4n) is 3.03. The molecule has 0 radical (unpaired) electrons. The van der Waals surface area contributed by atoms with E-state index >= 15 is 0 Å². The smallest absolute Gasteiger partial charge is 0.0953 e. The van der Waals surface area contributed by atoms with E-state index in [1.54, 1.807) is 0 Å².